The van der Waals surface area contributed by atoms with Crippen molar-refractivity contribution >= 4 is 15.9 Å². The minimum atomic E-state index is -3.60. The second kappa shape index (κ2) is 7.18. The maximum absolute atomic E-state index is 13.3. The average Bonchev–Trinajstić information content (AvgIpc) is 3.04. The van der Waals surface area contributed by atoms with Gasteiger partial charge in [-0.1, -0.05) is 13.8 Å². The Morgan fingerprint density at radius 3 is 2.74 bits per heavy atom. The van der Waals surface area contributed by atoms with Gasteiger partial charge in [0.15, 0.2) is 0 Å². The summed E-state index contributed by atoms with van der Waals surface area (Å²) in [5.41, 5.74) is 0.210. The number of aryl methyl sites for hydroxylation is 1. The second-order valence-corrected chi connectivity index (χ2v) is 10.4. The van der Waals surface area contributed by atoms with Crippen LogP contribution in [-0.2, 0) is 21.4 Å². The molecule has 0 unspecified atom stereocenters. The van der Waals surface area contributed by atoms with Crippen LogP contribution in [0.2, 0.25) is 0 Å². The number of carbonyl (C=O) groups is 1. The smallest absolute Gasteiger partial charge is 0.246 e. The van der Waals surface area contributed by atoms with Gasteiger partial charge in [0.25, 0.3) is 0 Å². The largest absolute Gasteiger partial charge is 0.349 e. The van der Waals surface area contributed by atoms with Gasteiger partial charge >= 0.3 is 0 Å². The summed E-state index contributed by atoms with van der Waals surface area (Å²) in [5.74, 6) is 0.417. The number of likely N-dealkylation sites (tertiary alicyclic amines) is 1. The molecule has 2 saturated heterocycles. The van der Waals surface area contributed by atoms with Gasteiger partial charge in [0.2, 0.25) is 15.9 Å². The van der Waals surface area contributed by atoms with E-state index < -0.39 is 10.0 Å². The molecule has 8 nitrogen and oxygen atoms in total. The molecule has 1 aromatic heterocycles. The van der Waals surface area contributed by atoms with Crippen LogP contribution in [0.25, 0.3) is 0 Å². The Morgan fingerprint density at radius 2 is 2.11 bits per heavy atom. The number of nitrogens with one attached hydrogen (secondary N) is 1. The maximum atomic E-state index is 13.3. The Labute approximate surface area is 161 Å². The van der Waals surface area contributed by atoms with Crippen molar-refractivity contribution in [1.29, 1.82) is 0 Å². The molecular formula is C18H31N5O3S. The van der Waals surface area contributed by atoms with E-state index in [9.17, 15) is 13.2 Å². The number of sulfonamides is 1. The quantitative estimate of drug-likeness (QED) is 0.789. The normalized spacial score (nSPS) is 27.1. The van der Waals surface area contributed by atoms with Crippen molar-refractivity contribution in [1.82, 2.24) is 24.3 Å². The predicted molar refractivity (Wildman–Crippen MR) is 103 cm³/mol. The number of hydrogen-bond acceptors (Lipinski definition) is 5. The standard InChI is InChI=1S/C18H31N5O3S/c1-13(2)8-22-11-17(14(3)20-22)27(25,26)23-7-6-18(19-15(4)24)12-21(5)9-16(18)10-23/h11,13,16H,6-10,12H2,1-5H3,(H,19,24)/t16-,18+/m0/s1. The average molecular weight is 398 g/mol. The third kappa shape index (κ3) is 3.90. The van der Waals surface area contributed by atoms with Crippen molar-refractivity contribution in [3.8, 4) is 0 Å². The van der Waals surface area contributed by atoms with E-state index in [1.54, 1.807) is 22.1 Å². The number of carbonyl (C=O) groups excluding carboxylic acids is 1. The summed E-state index contributed by atoms with van der Waals surface area (Å²) in [6.07, 6.45) is 2.28. The number of hydrogen-bond donors (Lipinski definition) is 1. The van der Waals surface area contributed by atoms with Crippen LogP contribution in [0.15, 0.2) is 11.1 Å². The minimum absolute atomic E-state index is 0.0580. The van der Waals surface area contributed by atoms with Gasteiger partial charge in [-0.3, -0.25) is 9.48 Å². The van der Waals surface area contributed by atoms with Crippen LogP contribution in [0.1, 0.15) is 32.9 Å². The highest BCUT2D eigenvalue weighted by atomic mass is 32.2. The number of nitrogens with zero attached hydrogens (tertiary/aromatic N) is 4. The molecule has 1 amide bonds. The van der Waals surface area contributed by atoms with Crippen molar-refractivity contribution in [3.05, 3.63) is 11.9 Å². The van der Waals surface area contributed by atoms with Crippen molar-refractivity contribution in [2.45, 2.75) is 51.1 Å². The zero-order valence-corrected chi connectivity index (χ0v) is 17.7. The molecule has 0 aromatic carbocycles. The Hall–Kier alpha value is -1.45. The molecule has 3 heterocycles. The molecule has 2 aliphatic heterocycles. The van der Waals surface area contributed by atoms with E-state index in [0.29, 0.717) is 42.6 Å². The molecular weight excluding hydrogens is 366 g/mol. The van der Waals surface area contributed by atoms with Crippen molar-refractivity contribution in [3.63, 3.8) is 0 Å². The SMILES string of the molecule is CC(=O)N[C@@]12CCN(S(=O)(=O)c3cn(CC(C)C)nc3C)C[C@@H]1CN(C)C2. The fourth-order valence-corrected chi connectivity index (χ4v) is 6.19. The lowest BCUT2D eigenvalue weighted by Gasteiger charge is -2.43. The summed E-state index contributed by atoms with van der Waals surface area (Å²) >= 11 is 0. The Morgan fingerprint density at radius 1 is 1.41 bits per heavy atom. The molecule has 1 N–H and O–H groups in total. The highest BCUT2D eigenvalue weighted by Gasteiger charge is 2.51. The van der Waals surface area contributed by atoms with Crippen LogP contribution in [0.3, 0.4) is 0 Å². The molecule has 2 fully saturated rings. The van der Waals surface area contributed by atoms with Gasteiger partial charge in [-0.05, 0) is 26.3 Å². The van der Waals surface area contributed by atoms with Crippen LogP contribution < -0.4 is 5.32 Å². The molecule has 0 bridgehead atoms. The van der Waals surface area contributed by atoms with Gasteiger partial charge in [0, 0.05) is 51.8 Å². The number of rotatable bonds is 5. The van der Waals surface area contributed by atoms with Gasteiger partial charge in [-0.15, -0.1) is 0 Å². The number of aromatic nitrogens is 2. The van der Waals surface area contributed by atoms with Gasteiger partial charge in [-0.2, -0.15) is 9.40 Å². The first-order valence-corrected chi connectivity index (χ1v) is 11.0. The van der Waals surface area contributed by atoms with Crippen LogP contribution in [0.4, 0.5) is 0 Å². The maximum Gasteiger partial charge on any atom is 0.246 e. The Kier molecular flexibility index (Phi) is 5.39. The summed E-state index contributed by atoms with van der Waals surface area (Å²) in [5, 5.41) is 7.51. The highest BCUT2D eigenvalue weighted by molar-refractivity contribution is 7.89. The molecule has 1 aromatic rings. The van der Waals surface area contributed by atoms with E-state index in [-0.39, 0.29) is 17.4 Å². The van der Waals surface area contributed by atoms with E-state index in [0.717, 1.165) is 13.1 Å². The monoisotopic (exact) mass is 397 g/mol. The van der Waals surface area contributed by atoms with Gasteiger partial charge in [0.1, 0.15) is 4.90 Å². The highest BCUT2D eigenvalue weighted by Crippen LogP contribution is 2.37. The number of amides is 1. The molecule has 9 heteroatoms. The van der Waals surface area contributed by atoms with Crippen molar-refractivity contribution in [2.24, 2.45) is 11.8 Å². The van der Waals surface area contributed by atoms with Gasteiger partial charge < -0.3 is 10.2 Å². The van der Waals surface area contributed by atoms with E-state index in [1.165, 1.54) is 6.92 Å². The molecule has 3 rings (SSSR count). The molecule has 0 radical (unpaired) electrons. The second-order valence-electron chi connectivity index (χ2n) is 8.54. The molecule has 152 valence electrons. The zero-order valence-electron chi connectivity index (χ0n) is 16.9. The van der Waals surface area contributed by atoms with Gasteiger partial charge in [-0.25, -0.2) is 8.42 Å². The fourth-order valence-electron chi connectivity index (χ4n) is 4.54. The van der Waals surface area contributed by atoms with Gasteiger partial charge in [0.05, 0.1) is 11.2 Å². The van der Waals surface area contributed by atoms with Crippen molar-refractivity contribution in [2.75, 3.05) is 33.2 Å². The molecule has 0 aliphatic carbocycles. The summed E-state index contributed by atoms with van der Waals surface area (Å²) in [6, 6.07) is 0. The fraction of sp³-hybridized carbons (Fsp3) is 0.778. The molecule has 0 spiro atoms. The first-order chi connectivity index (χ1) is 12.5. The summed E-state index contributed by atoms with van der Waals surface area (Å²) in [7, 11) is -1.59. The Balaban J connectivity index is 1.83. The van der Waals surface area contributed by atoms with E-state index in [4.69, 9.17) is 0 Å². The zero-order chi connectivity index (χ0) is 20.0. The van der Waals surface area contributed by atoms with Crippen LogP contribution in [0.5, 0.6) is 0 Å². The Bertz CT molecular complexity index is 819. The lowest BCUT2D eigenvalue weighted by molar-refractivity contribution is -0.121. The molecule has 2 atom stereocenters. The lowest BCUT2D eigenvalue weighted by Crippen LogP contribution is -2.61. The summed E-state index contributed by atoms with van der Waals surface area (Å²) in [6.45, 7) is 10.5. The topological polar surface area (TPSA) is 87.5 Å². The van der Waals surface area contributed by atoms with E-state index in [2.05, 4.69) is 29.2 Å². The number of piperidine rings is 1. The predicted octanol–water partition coefficient (Wildman–Crippen LogP) is 0.678. The first-order valence-electron chi connectivity index (χ1n) is 9.55. The minimum Gasteiger partial charge on any atom is -0.349 e. The van der Waals surface area contributed by atoms with Crippen LogP contribution in [0, 0.1) is 18.8 Å². The van der Waals surface area contributed by atoms with E-state index >= 15 is 0 Å². The van der Waals surface area contributed by atoms with Crippen molar-refractivity contribution < 1.29 is 13.2 Å². The summed E-state index contributed by atoms with van der Waals surface area (Å²) < 4.78 is 29.8. The van der Waals surface area contributed by atoms with E-state index in [1.807, 2.05) is 7.05 Å². The van der Waals surface area contributed by atoms with Crippen LogP contribution in [-0.4, -0.2) is 72.1 Å². The molecule has 0 saturated carbocycles. The third-order valence-electron chi connectivity index (χ3n) is 5.59. The number of fused-ring (bicyclic) bond motifs is 1. The number of likely N-dealkylation sites (N-methyl/N-ethyl adjacent to an activating group) is 1. The lowest BCUT2D eigenvalue weighted by atomic mass is 9.81. The van der Waals surface area contributed by atoms with Crippen LogP contribution >= 0.6 is 0 Å². The molecule has 27 heavy (non-hydrogen) atoms. The molecule has 2 aliphatic rings. The first kappa shape index (κ1) is 20.3. The third-order valence-corrected chi connectivity index (χ3v) is 7.56. The summed E-state index contributed by atoms with van der Waals surface area (Å²) in [4.78, 5) is 14.2.